The van der Waals surface area contributed by atoms with Crippen LogP contribution in [0.1, 0.15) is 11.1 Å². The van der Waals surface area contributed by atoms with Crippen LogP contribution in [0.2, 0.25) is 5.02 Å². The molecule has 5 heteroatoms. The molecule has 0 heterocycles. The van der Waals surface area contributed by atoms with Crippen LogP contribution >= 0.6 is 23.4 Å². The van der Waals surface area contributed by atoms with Crippen LogP contribution in [-0.4, -0.2) is 23.4 Å². The lowest BCUT2D eigenvalue weighted by atomic mass is 9.98. The lowest BCUT2D eigenvalue weighted by molar-refractivity contribution is -0.139. The van der Waals surface area contributed by atoms with Crippen molar-refractivity contribution in [1.29, 1.82) is 0 Å². The molecule has 0 fully saturated rings. The molecule has 0 unspecified atom stereocenters. The molecule has 0 bridgehead atoms. The number of carboxylic acid groups (broad SMARTS) is 1. The first kappa shape index (κ1) is 20.1. The summed E-state index contributed by atoms with van der Waals surface area (Å²) in [6.45, 7) is -0.340. The minimum Gasteiger partial charge on any atom is -0.482 e. The van der Waals surface area contributed by atoms with E-state index in [-0.39, 0.29) is 6.61 Å². The van der Waals surface area contributed by atoms with Crippen LogP contribution in [0.5, 0.6) is 5.75 Å². The smallest absolute Gasteiger partial charge is 0.341 e. The molecule has 0 aliphatic carbocycles. The second kappa shape index (κ2) is 10.0. The van der Waals surface area contributed by atoms with Crippen molar-refractivity contribution in [3.8, 4) is 5.75 Å². The van der Waals surface area contributed by atoms with E-state index in [0.29, 0.717) is 5.75 Å². The van der Waals surface area contributed by atoms with Gasteiger partial charge >= 0.3 is 5.97 Å². The predicted molar refractivity (Wildman–Crippen MR) is 115 cm³/mol. The number of hydrogen-bond donors (Lipinski definition) is 1. The standard InChI is InChI=1S/C23H19ClO3S/c24-22-9-5-4-8-21(22)20(17-6-2-1-3-7-17)14-15-28-19-12-10-18(11-13-19)27-16-23(25)26/h1-14H,15-16H2,(H,25,26). The maximum atomic E-state index is 10.6. The normalized spacial score (nSPS) is 11.2. The van der Waals surface area contributed by atoms with E-state index in [0.717, 1.165) is 32.4 Å². The van der Waals surface area contributed by atoms with Crippen molar-refractivity contribution in [3.63, 3.8) is 0 Å². The molecule has 0 radical (unpaired) electrons. The minimum absolute atomic E-state index is 0.340. The Morgan fingerprint density at radius 2 is 1.64 bits per heavy atom. The van der Waals surface area contributed by atoms with Crippen molar-refractivity contribution in [2.24, 2.45) is 0 Å². The zero-order valence-electron chi connectivity index (χ0n) is 15.0. The van der Waals surface area contributed by atoms with Gasteiger partial charge in [-0.3, -0.25) is 0 Å². The molecule has 3 aromatic rings. The molecule has 0 aromatic heterocycles. The summed E-state index contributed by atoms with van der Waals surface area (Å²) in [7, 11) is 0. The lowest BCUT2D eigenvalue weighted by Gasteiger charge is -2.11. The van der Waals surface area contributed by atoms with Gasteiger partial charge in [0.1, 0.15) is 5.75 Å². The number of carbonyl (C=O) groups is 1. The average Bonchev–Trinajstić information content (AvgIpc) is 2.72. The van der Waals surface area contributed by atoms with Crippen LogP contribution in [0.15, 0.2) is 89.8 Å². The van der Waals surface area contributed by atoms with Gasteiger partial charge in [0.15, 0.2) is 6.61 Å². The van der Waals surface area contributed by atoms with Gasteiger partial charge in [-0.25, -0.2) is 4.79 Å². The lowest BCUT2D eigenvalue weighted by Crippen LogP contribution is -2.09. The summed E-state index contributed by atoms with van der Waals surface area (Å²) in [5.74, 6) is 0.324. The van der Waals surface area contributed by atoms with Gasteiger partial charge in [-0.2, -0.15) is 0 Å². The Morgan fingerprint density at radius 3 is 2.32 bits per heavy atom. The molecule has 0 spiro atoms. The maximum absolute atomic E-state index is 10.6. The average molecular weight is 411 g/mol. The van der Waals surface area contributed by atoms with Gasteiger partial charge < -0.3 is 9.84 Å². The third-order valence-electron chi connectivity index (χ3n) is 3.97. The van der Waals surface area contributed by atoms with E-state index >= 15 is 0 Å². The highest BCUT2D eigenvalue weighted by Gasteiger charge is 2.08. The molecule has 28 heavy (non-hydrogen) atoms. The summed E-state index contributed by atoms with van der Waals surface area (Å²) < 4.78 is 5.16. The highest BCUT2D eigenvalue weighted by Crippen LogP contribution is 2.30. The van der Waals surface area contributed by atoms with E-state index in [4.69, 9.17) is 21.4 Å². The van der Waals surface area contributed by atoms with E-state index in [1.807, 2.05) is 54.6 Å². The van der Waals surface area contributed by atoms with Gasteiger partial charge in [-0.1, -0.05) is 66.2 Å². The molecular weight excluding hydrogens is 392 g/mol. The zero-order chi connectivity index (χ0) is 19.8. The quantitative estimate of drug-likeness (QED) is 0.461. The largest absolute Gasteiger partial charge is 0.482 e. The molecular formula is C23H19ClO3S. The third-order valence-corrected chi connectivity index (χ3v) is 5.24. The van der Waals surface area contributed by atoms with Gasteiger partial charge in [0.25, 0.3) is 0 Å². The molecule has 0 amide bonds. The summed E-state index contributed by atoms with van der Waals surface area (Å²) in [6, 6.07) is 25.4. The van der Waals surface area contributed by atoms with E-state index in [2.05, 4.69) is 18.2 Å². The number of aliphatic carboxylic acids is 1. The van der Waals surface area contributed by atoms with Crippen molar-refractivity contribution in [1.82, 2.24) is 0 Å². The van der Waals surface area contributed by atoms with Crippen LogP contribution in [0.3, 0.4) is 0 Å². The zero-order valence-corrected chi connectivity index (χ0v) is 16.6. The van der Waals surface area contributed by atoms with Crippen LogP contribution in [0, 0.1) is 0 Å². The molecule has 142 valence electrons. The number of halogens is 1. The van der Waals surface area contributed by atoms with Crippen LogP contribution in [-0.2, 0) is 4.79 Å². The second-order valence-corrected chi connectivity index (χ2v) is 7.43. The van der Waals surface area contributed by atoms with Crippen molar-refractivity contribution in [2.45, 2.75) is 4.90 Å². The van der Waals surface area contributed by atoms with E-state index < -0.39 is 5.97 Å². The number of carboxylic acids is 1. The first-order chi connectivity index (χ1) is 13.6. The molecule has 3 rings (SSSR count). The molecule has 0 atom stereocenters. The molecule has 3 aromatic carbocycles. The van der Waals surface area contributed by atoms with Crippen molar-refractivity contribution in [3.05, 3.63) is 101 Å². The fraction of sp³-hybridized carbons (Fsp3) is 0.0870. The van der Waals surface area contributed by atoms with E-state index in [9.17, 15) is 4.79 Å². The van der Waals surface area contributed by atoms with Crippen LogP contribution < -0.4 is 4.74 Å². The fourth-order valence-corrected chi connectivity index (χ4v) is 3.69. The second-order valence-electron chi connectivity index (χ2n) is 5.93. The number of rotatable bonds is 8. The summed E-state index contributed by atoms with van der Waals surface area (Å²) >= 11 is 8.12. The number of thioether (sulfide) groups is 1. The van der Waals surface area contributed by atoms with Crippen LogP contribution in [0.25, 0.3) is 5.57 Å². The van der Waals surface area contributed by atoms with E-state index in [1.165, 1.54) is 0 Å². The third kappa shape index (κ3) is 5.65. The number of benzene rings is 3. The Morgan fingerprint density at radius 1 is 0.964 bits per heavy atom. The summed E-state index contributed by atoms with van der Waals surface area (Å²) in [5.41, 5.74) is 3.22. The Kier molecular flexibility index (Phi) is 7.18. The molecule has 1 N–H and O–H groups in total. The topological polar surface area (TPSA) is 46.5 Å². The molecule has 0 saturated heterocycles. The first-order valence-electron chi connectivity index (χ1n) is 8.71. The van der Waals surface area contributed by atoms with Gasteiger partial charge in [0.05, 0.1) is 0 Å². The fourth-order valence-electron chi connectivity index (χ4n) is 2.68. The van der Waals surface area contributed by atoms with Crippen molar-refractivity contribution in [2.75, 3.05) is 12.4 Å². The monoisotopic (exact) mass is 410 g/mol. The van der Waals surface area contributed by atoms with Crippen LogP contribution in [0.4, 0.5) is 0 Å². The van der Waals surface area contributed by atoms with Gasteiger partial charge in [0, 0.05) is 21.2 Å². The molecule has 3 nitrogen and oxygen atoms in total. The van der Waals surface area contributed by atoms with Crippen molar-refractivity contribution < 1.29 is 14.6 Å². The summed E-state index contributed by atoms with van der Waals surface area (Å²) in [6.07, 6.45) is 2.18. The minimum atomic E-state index is -0.989. The summed E-state index contributed by atoms with van der Waals surface area (Å²) in [4.78, 5) is 11.6. The highest BCUT2D eigenvalue weighted by atomic mass is 35.5. The highest BCUT2D eigenvalue weighted by molar-refractivity contribution is 7.99. The van der Waals surface area contributed by atoms with Crippen molar-refractivity contribution >= 4 is 34.9 Å². The summed E-state index contributed by atoms with van der Waals surface area (Å²) in [5, 5.41) is 9.38. The Bertz CT molecular complexity index is 953. The Balaban J connectivity index is 1.74. The maximum Gasteiger partial charge on any atom is 0.341 e. The predicted octanol–water partition coefficient (Wildman–Crippen LogP) is 6.03. The van der Waals surface area contributed by atoms with Gasteiger partial charge in [-0.05, 0) is 41.5 Å². The van der Waals surface area contributed by atoms with Gasteiger partial charge in [-0.15, -0.1) is 11.8 Å². The molecule has 0 aliphatic heterocycles. The Labute approximate surface area is 173 Å². The Hall–Kier alpha value is -2.69. The molecule has 0 saturated carbocycles. The SMILES string of the molecule is O=C(O)COc1ccc(SCC=C(c2ccccc2)c2ccccc2Cl)cc1. The number of hydrogen-bond acceptors (Lipinski definition) is 3. The molecule has 0 aliphatic rings. The van der Waals surface area contributed by atoms with E-state index in [1.54, 1.807) is 23.9 Å². The number of ether oxygens (including phenoxy) is 1. The van der Waals surface area contributed by atoms with Gasteiger partial charge in [0.2, 0.25) is 0 Å². The first-order valence-corrected chi connectivity index (χ1v) is 10.1.